The van der Waals surface area contributed by atoms with E-state index in [9.17, 15) is 14.4 Å². The van der Waals surface area contributed by atoms with Gasteiger partial charge >= 0.3 is 11.7 Å². The van der Waals surface area contributed by atoms with Crippen molar-refractivity contribution in [3.05, 3.63) is 104 Å². The molecule has 150 valence electrons. The van der Waals surface area contributed by atoms with E-state index >= 15 is 0 Å². The molecular weight excluding hydrogens is 382 g/mol. The second-order valence-electron chi connectivity index (χ2n) is 6.83. The monoisotopic (exact) mass is 401 g/mol. The highest BCUT2D eigenvalue weighted by atomic mass is 16.5. The van der Waals surface area contributed by atoms with Crippen LogP contribution in [0.1, 0.15) is 21.6 Å². The Morgan fingerprint density at radius 1 is 1.00 bits per heavy atom. The number of nitrogens with zero attached hydrogens (tertiary/aromatic N) is 3. The van der Waals surface area contributed by atoms with Crippen LogP contribution in [0.2, 0.25) is 0 Å². The van der Waals surface area contributed by atoms with Crippen LogP contribution in [0, 0.1) is 6.92 Å². The smallest absolute Gasteiger partial charge is 0.338 e. The minimum absolute atomic E-state index is 0.0480. The number of aromatic nitrogens is 3. The first-order valence-corrected chi connectivity index (χ1v) is 9.36. The van der Waals surface area contributed by atoms with Crippen LogP contribution in [0.25, 0.3) is 16.7 Å². The molecule has 0 saturated heterocycles. The highest BCUT2D eigenvalue weighted by molar-refractivity contribution is 6.02. The Kier molecular flexibility index (Phi) is 5.02. The lowest BCUT2D eigenvalue weighted by Gasteiger charge is -2.15. The summed E-state index contributed by atoms with van der Waals surface area (Å²) in [7, 11) is 1.25. The molecule has 2 aromatic heterocycles. The molecule has 0 aliphatic heterocycles. The molecule has 0 radical (unpaired) electrons. The number of pyridine rings is 1. The third kappa shape index (κ3) is 3.30. The first-order chi connectivity index (χ1) is 14.5. The van der Waals surface area contributed by atoms with E-state index in [1.165, 1.54) is 17.7 Å². The molecule has 0 atom stereocenters. The number of aryl methyl sites for hydroxylation is 1. The van der Waals surface area contributed by atoms with Gasteiger partial charge in [0.05, 0.1) is 30.3 Å². The molecule has 0 fully saturated rings. The van der Waals surface area contributed by atoms with Crippen molar-refractivity contribution in [1.82, 2.24) is 14.1 Å². The molecule has 4 aromatic rings. The molecule has 4 rings (SSSR count). The molecule has 0 aliphatic rings. The van der Waals surface area contributed by atoms with Gasteiger partial charge in [0.1, 0.15) is 0 Å². The number of rotatable bonds is 4. The number of hydrogen-bond acceptors (Lipinski definition) is 5. The van der Waals surface area contributed by atoms with Crippen LogP contribution in [0.4, 0.5) is 0 Å². The van der Waals surface area contributed by atoms with Gasteiger partial charge in [0.2, 0.25) is 0 Å². The maximum Gasteiger partial charge on any atom is 0.338 e. The molecule has 2 aromatic carbocycles. The van der Waals surface area contributed by atoms with Crippen LogP contribution in [0.3, 0.4) is 0 Å². The minimum atomic E-state index is -0.660. The zero-order valence-electron chi connectivity index (χ0n) is 16.5. The predicted octanol–water partition coefficient (Wildman–Crippen LogP) is 2.69. The first kappa shape index (κ1) is 19.3. The van der Waals surface area contributed by atoms with Crippen LogP contribution < -0.4 is 11.2 Å². The van der Waals surface area contributed by atoms with Gasteiger partial charge in [0.25, 0.3) is 5.56 Å². The number of fused-ring (bicyclic) bond motifs is 1. The summed E-state index contributed by atoms with van der Waals surface area (Å²) in [6.45, 7) is 1.76. The average Bonchev–Trinajstić information content (AvgIpc) is 2.77. The van der Waals surface area contributed by atoms with Crippen molar-refractivity contribution in [2.24, 2.45) is 0 Å². The predicted molar refractivity (Wildman–Crippen MR) is 113 cm³/mol. The first-order valence-electron chi connectivity index (χ1n) is 9.36. The number of para-hydroxylation sites is 1. The van der Waals surface area contributed by atoms with Gasteiger partial charge in [-0.3, -0.25) is 9.36 Å². The van der Waals surface area contributed by atoms with E-state index in [1.807, 2.05) is 36.4 Å². The van der Waals surface area contributed by atoms with Crippen LogP contribution in [-0.2, 0) is 11.3 Å². The van der Waals surface area contributed by atoms with Gasteiger partial charge in [-0.15, -0.1) is 0 Å². The lowest BCUT2D eigenvalue weighted by atomic mass is 10.1. The van der Waals surface area contributed by atoms with Gasteiger partial charge in [0, 0.05) is 5.69 Å². The summed E-state index contributed by atoms with van der Waals surface area (Å²) >= 11 is 0. The molecule has 0 saturated carbocycles. The van der Waals surface area contributed by atoms with E-state index in [0.717, 1.165) is 10.1 Å². The van der Waals surface area contributed by atoms with Gasteiger partial charge < -0.3 is 4.74 Å². The van der Waals surface area contributed by atoms with Crippen molar-refractivity contribution in [2.45, 2.75) is 13.5 Å². The number of benzene rings is 2. The van der Waals surface area contributed by atoms with Crippen LogP contribution in [0.15, 0.2) is 76.3 Å². The van der Waals surface area contributed by atoms with Gasteiger partial charge in [0.15, 0.2) is 5.65 Å². The van der Waals surface area contributed by atoms with E-state index < -0.39 is 17.2 Å². The maximum absolute atomic E-state index is 13.4. The van der Waals surface area contributed by atoms with Crippen molar-refractivity contribution >= 4 is 17.0 Å². The van der Waals surface area contributed by atoms with E-state index in [0.29, 0.717) is 11.4 Å². The molecule has 0 spiro atoms. The molecule has 7 heteroatoms. The van der Waals surface area contributed by atoms with Crippen LogP contribution in [0.5, 0.6) is 0 Å². The molecule has 0 unspecified atom stereocenters. The van der Waals surface area contributed by atoms with Crippen molar-refractivity contribution in [2.75, 3.05) is 7.11 Å². The molecule has 0 amide bonds. The normalized spacial score (nSPS) is 10.9. The van der Waals surface area contributed by atoms with Gasteiger partial charge in [-0.05, 0) is 30.7 Å². The standard InChI is InChI=1S/C23H19N3O4/c1-15-13-18(22(28)30-2)19-20(24-15)26(17-11-7-4-8-12-17)23(29)25(21(19)27)14-16-9-5-3-6-10-16/h3-13H,14H2,1-2H3. The summed E-state index contributed by atoms with van der Waals surface area (Å²) in [5.74, 6) is -0.660. The molecule has 0 N–H and O–H groups in total. The van der Waals surface area contributed by atoms with Gasteiger partial charge in [-0.1, -0.05) is 48.5 Å². The summed E-state index contributed by atoms with van der Waals surface area (Å²) < 4.78 is 7.37. The van der Waals surface area contributed by atoms with Crippen molar-refractivity contribution in [1.29, 1.82) is 0 Å². The lowest BCUT2D eigenvalue weighted by Crippen LogP contribution is -2.40. The zero-order chi connectivity index (χ0) is 21.3. The fourth-order valence-electron chi connectivity index (χ4n) is 3.45. The van der Waals surface area contributed by atoms with Crippen molar-refractivity contribution < 1.29 is 9.53 Å². The Bertz CT molecular complexity index is 1360. The molecule has 0 bridgehead atoms. The summed E-state index contributed by atoms with van der Waals surface area (Å²) in [5, 5.41) is 0.0480. The lowest BCUT2D eigenvalue weighted by molar-refractivity contribution is 0.0602. The van der Waals surface area contributed by atoms with Crippen LogP contribution in [-0.4, -0.2) is 27.2 Å². The largest absolute Gasteiger partial charge is 0.465 e. The van der Waals surface area contributed by atoms with E-state index in [1.54, 1.807) is 31.2 Å². The highest BCUT2D eigenvalue weighted by Gasteiger charge is 2.22. The van der Waals surface area contributed by atoms with Gasteiger partial charge in [-0.25, -0.2) is 19.1 Å². The number of carbonyl (C=O) groups excluding carboxylic acids is 1. The molecule has 30 heavy (non-hydrogen) atoms. The Labute approximate surface area is 171 Å². The molecular formula is C23H19N3O4. The minimum Gasteiger partial charge on any atom is -0.465 e. The number of ether oxygens (including phenoxy) is 1. The quantitative estimate of drug-likeness (QED) is 0.491. The Morgan fingerprint density at radius 2 is 1.63 bits per heavy atom. The Hall–Kier alpha value is -4.00. The second-order valence-corrected chi connectivity index (χ2v) is 6.83. The highest BCUT2D eigenvalue weighted by Crippen LogP contribution is 2.18. The van der Waals surface area contributed by atoms with Crippen molar-refractivity contribution in [3.63, 3.8) is 0 Å². The topological polar surface area (TPSA) is 83.2 Å². The fourth-order valence-corrected chi connectivity index (χ4v) is 3.45. The average molecular weight is 401 g/mol. The fraction of sp³-hybridized carbons (Fsp3) is 0.130. The number of hydrogen-bond donors (Lipinski definition) is 0. The van der Waals surface area contributed by atoms with Gasteiger partial charge in [-0.2, -0.15) is 0 Å². The third-order valence-corrected chi connectivity index (χ3v) is 4.82. The summed E-state index contributed by atoms with van der Waals surface area (Å²) in [6.07, 6.45) is 0. The summed E-state index contributed by atoms with van der Waals surface area (Å²) in [6, 6.07) is 19.6. The zero-order valence-corrected chi connectivity index (χ0v) is 16.5. The Morgan fingerprint density at radius 3 is 2.27 bits per heavy atom. The van der Waals surface area contributed by atoms with E-state index in [-0.39, 0.29) is 23.1 Å². The number of carbonyl (C=O) groups is 1. The maximum atomic E-state index is 13.4. The van der Waals surface area contributed by atoms with Crippen molar-refractivity contribution in [3.8, 4) is 5.69 Å². The van der Waals surface area contributed by atoms with Crippen LogP contribution >= 0.6 is 0 Å². The van der Waals surface area contributed by atoms with E-state index in [2.05, 4.69) is 4.98 Å². The molecule has 7 nitrogen and oxygen atoms in total. The molecule has 0 aliphatic carbocycles. The summed E-state index contributed by atoms with van der Waals surface area (Å²) in [4.78, 5) is 43.7. The SMILES string of the molecule is COC(=O)c1cc(C)nc2c1c(=O)n(Cc1ccccc1)c(=O)n2-c1ccccc1. The number of methoxy groups -OCH3 is 1. The molecule has 2 heterocycles. The Balaban J connectivity index is 2.15. The second kappa shape index (κ2) is 7.79. The third-order valence-electron chi connectivity index (χ3n) is 4.82. The number of esters is 1. The summed E-state index contributed by atoms with van der Waals surface area (Å²) in [5.41, 5.74) is 0.915. The van der Waals surface area contributed by atoms with E-state index in [4.69, 9.17) is 4.74 Å².